The first kappa shape index (κ1) is 13.7. The second kappa shape index (κ2) is 6.40. The van der Waals surface area contributed by atoms with Gasteiger partial charge in [0.05, 0.1) is 6.61 Å². The van der Waals surface area contributed by atoms with E-state index >= 15 is 0 Å². The largest absolute Gasteiger partial charge is 1.00 e. The summed E-state index contributed by atoms with van der Waals surface area (Å²) >= 11 is 0. The molecule has 2 rings (SSSR count). The van der Waals surface area contributed by atoms with Gasteiger partial charge in [0.25, 0.3) is 0 Å². The number of aryl methyl sites for hydroxylation is 1. The molecule has 0 atom stereocenters. The number of halogens is 1. The van der Waals surface area contributed by atoms with E-state index in [4.69, 9.17) is 4.74 Å². The molecule has 0 bridgehead atoms. The van der Waals surface area contributed by atoms with E-state index in [9.17, 15) is 0 Å². The van der Waals surface area contributed by atoms with Crippen LogP contribution in [-0.2, 0) is 0 Å². The highest BCUT2D eigenvalue weighted by Gasteiger charge is 2.08. The number of ether oxygens (including phenoxy) is 1. The van der Waals surface area contributed by atoms with E-state index < -0.39 is 0 Å². The van der Waals surface area contributed by atoms with Crippen LogP contribution in [0.1, 0.15) is 12.6 Å². The molecule has 0 aliphatic rings. The molecule has 0 unspecified atom stereocenters. The van der Waals surface area contributed by atoms with Gasteiger partial charge in [-0.2, -0.15) is 4.57 Å². The molecular weight excluding hydrogens is 278 g/mol. The van der Waals surface area contributed by atoms with E-state index in [1.54, 1.807) is 0 Å². The van der Waals surface area contributed by atoms with E-state index in [2.05, 4.69) is 35.9 Å². The Morgan fingerprint density at radius 1 is 1.06 bits per heavy atom. The molecule has 90 valence electrons. The van der Waals surface area contributed by atoms with Crippen molar-refractivity contribution >= 4 is 0 Å². The van der Waals surface area contributed by atoms with Crippen molar-refractivity contribution in [3.8, 4) is 11.4 Å². The smallest absolute Gasteiger partial charge is 0.211 e. The molecule has 0 fully saturated rings. The number of rotatable bonds is 3. The molecule has 1 aromatic carbocycles. The molecule has 2 aromatic rings. The molecule has 3 heteroatoms. The Kier molecular flexibility index (Phi) is 5.16. The maximum atomic E-state index is 5.42. The Morgan fingerprint density at radius 2 is 1.76 bits per heavy atom. The lowest BCUT2D eigenvalue weighted by Gasteiger charge is -2.03. The molecule has 0 radical (unpaired) electrons. The van der Waals surface area contributed by atoms with Crippen molar-refractivity contribution < 1.29 is 26.3 Å². The zero-order valence-electron chi connectivity index (χ0n) is 10.1. The molecule has 2 nitrogen and oxygen atoms in total. The predicted octanol–water partition coefficient (Wildman–Crippen LogP) is -0.326. The molecule has 1 aromatic heterocycles. The molecule has 1 heterocycles. The lowest BCUT2D eigenvalue weighted by molar-refractivity contribution is -0.602. The fraction of sp³-hybridized carbons (Fsp3) is 0.214. The van der Waals surface area contributed by atoms with Gasteiger partial charge in [-0.05, 0) is 19.1 Å². The number of aromatic nitrogens is 1. The van der Waals surface area contributed by atoms with Gasteiger partial charge in [-0.25, -0.2) is 0 Å². The Bertz CT molecular complexity index is 468. The standard InChI is InChI=1S/C14H16NO.BrH/c1-3-16-14-9-7-13(8-10-14)15-11-5-4-6-12(15)2;/h4-11H,3H2,1-2H3;1H/q+1;/p-1. The van der Waals surface area contributed by atoms with Gasteiger partial charge in [-0.15, -0.1) is 0 Å². The third-order valence-corrected chi connectivity index (χ3v) is 2.49. The van der Waals surface area contributed by atoms with Gasteiger partial charge < -0.3 is 21.7 Å². The van der Waals surface area contributed by atoms with Crippen molar-refractivity contribution in [1.29, 1.82) is 0 Å². The molecule has 0 amide bonds. The zero-order valence-corrected chi connectivity index (χ0v) is 11.6. The van der Waals surface area contributed by atoms with Crippen LogP contribution in [0.15, 0.2) is 48.7 Å². The minimum atomic E-state index is 0. The van der Waals surface area contributed by atoms with Crippen LogP contribution in [0.5, 0.6) is 5.75 Å². The number of hydrogen-bond donors (Lipinski definition) is 0. The fourth-order valence-electron chi connectivity index (χ4n) is 1.69. The Morgan fingerprint density at radius 3 is 2.35 bits per heavy atom. The van der Waals surface area contributed by atoms with Gasteiger partial charge in [0.1, 0.15) is 5.75 Å². The molecule has 0 N–H and O–H groups in total. The molecule has 0 saturated heterocycles. The third-order valence-electron chi connectivity index (χ3n) is 2.49. The van der Waals surface area contributed by atoms with Crippen molar-refractivity contribution in [1.82, 2.24) is 0 Å². The van der Waals surface area contributed by atoms with E-state index in [0.717, 1.165) is 11.4 Å². The maximum absolute atomic E-state index is 5.42. The second-order valence-corrected chi connectivity index (χ2v) is 3.64. The summed E-state index contributed by atoms with van der Waals surface area (Å²) in [7, 11) is 0. The highest BCUT2D eigenvalue weighted by Crippen LogP contribution is 2.12. The van der Waals surface area contributed by atoms with E-state index in [1.165, 1.54) is 5.69 Å². The first-order chi connectivity index (χ1) is 7.81. The maximum Gasteiger partial charge on any atom is 0.211 e. The van der Waals surface area contributed by atoms with Crippen LogP contribution in [0.2, 0.25) is 0 Å². The molecule has 0 aliphatic heterocycles. The summed E-state index contributed by atoms with van der Waals surface area (Å²) in [6.07, 6.45) is 2.06. The first-order valence-corrected chi connectivity index (χ1v) is 5.52. The van der Waals surface area contributed by atoms with Crippen LogP contribution in [0.25, 0.3) is 5.69 Å². The van der Waals surface area contributed by atoms with Crippen molar-refractivity contribution in [3.05, 3.63) is 54.4 Å². The SMILES string of the molecule is CCOc1ccc(-[n+]2ccccc2C)cc1.[Br-]. The number of benzene rings is 1. The lowest BCUT2D eigenvalue weighted by Crippen LogP contribution is -3.00. The average molecular weight is 294 g/mol. The number of nitrogens with zero attached hydrogens (tertiary/aromatic N) is 1. The van der Waals surface area contributed by atoms with Crippen molar-refractivity contribution in [3.63, 3.8) is 0 Å². The molecular formula is C14H16BrNO. The van der Waals surface area contributed by atoms with Crippen molar-refractivity contribution in [2.75, 3.05) is 6.61 Å². The monoisotopic (exact) mass is 293 g/mol. The van der Waals surface area contributed by atoms with Crippen LogP contribution >= 0.6 is 0 Å². The predicted molar refractivity (Wildman–Crippen MR) is 63.9 cm³/mol. The van der Waals surface area contributed by atoms with E-state index in [0.29, 0.717) is 6.61 Å². The number of hydrogen-bond acceptors (Lipinski definition) is 1. The molecule has 17 heavy (non-hydrogen) atoms. The molecule has 0 spiro atoms. The van der Waals surface area contributed by atoms with Gasteiger partial charge in [-0.1, -0.05) is 6.07 Å². The summed E-state index contributed by atoms with van der Waals surface area (Å²) in [6.45, 7) is 4.79. The van der Waals surface area contributed by atoms with Crippen LogP contribution in [0, 0.1) is 6.92 Å². The van der Waals surface area contributed by atoms with Gasteiger partial charge in [-0.3, -0.25) is 0 Å². The molecule has 0 saturated carbocycles. The minimum absolute atomic E-state index is 0. The average Bonchev–Trinajstić information content (AvgIpc) is 2.31. The quantitative estimate of drug-likeness (QED) is 0.707. The summed E-state index contributed by atoms with van der Waals surface area (Å²) in [4.78, 5) is 0. The topological polar surface area (TPSA) is 13.1 Å². The minimum Gasteiger partial charge on any atom is -1.00 e. The number of pyridine rings is 1. The van der Waals surface area contributed by atoms with Crippen LogP contribution < -0.4 is 26.3 Å². The van der Waals surface area contributed by atoms with Gasteiger partial charge >= 0.3 is 0 Å². The fourth-order valence-corrected chi connectivity index (χ4v) is 1.69. The van der Waals surface area contributed by atoms with Gasteiger partial charge in [0.2, 0.25) is 5.69 Å². The molecule has 0 aliphatic carbocycles. The summed E-state index contributed by atoms with van der Waals surface area (Å²) in [6, 6.07) is 14.3. The highest BCUT2D eigenvalue weighted by atomic mass is 79.9. The van der Waals surface area contributed by atoms with Gasteiger partial charge in [0.15, 0.2) is 11.9 Å². The third kappa shape index (κ3) is 3.30. The summed E-state index contributed by atoms with van der Waals surface area (Å²) < 4.78 is 7.57. The Balaban J connectivity index is 0.00000144. The van der Waals surface area contributed by atoms with E-state index in [-0.39, 0.29) is 17.0 Å². The van der Waals surface area contributed by atoms with E-state index in [1.807, 2.05) is 31.2 Å². The Labute approximate surface area is 113 Å². The lowest BCUT2D eigenvalue weighted by atomic mass is 10.2. The highest BCUT2D eigenvalue weighted by molar-refractivity contribution is 5.31. The zero-order chi connectivity index (χ0) is 11.4. The van der Waals surface area contributed by atoms with Crippen molar-refractivity contribution in [2.45, 2.75) is 13.8 Å². The van der Waals surface area contributed by atoms with Crippen molar-refractivity contribution in [2.24, 2.45) is 0 Å². The van der Waals surface area contributed by atoms with Crippen LogP contribution in [0.3, 0.4) is 0 Å². The van der Waals surface area contributed by atoms with Gasteiger partial charge in [0, 0.05) is 31.2 Å². The summed E-state index contributed by atoms with van der Waals surface area (Å²) in [5, 5.41) is 0. The van der Waals surface area contributed by atoms with Crippen LogP contribution in [0.4, 0.5) is 0 Å². The summed E-state index contributed by atoms with van der Waals surface area (Å²) in [5.74, 6) is 0.917. The van der Waals surface area contributed by atoms with Crippen LogP contribution in [-0.4, -0.2) is 6.61 Å². The Hall–Kier alpha value is -1.35. The summed E-state index contributed by atoms with van der Waals surface area (Å²) in [5.41, 5.74) is 2.37. The first-order valence-electron chi connectivity index (χ1n) is 5.52. The second-order valence-electron chi connectivity index (χ2n) is 3.64. The normalized spacial score (nSPS) is 9.53.